The van der Waals surface area contributed by atoms with Crippen LogP contribution in [-0.4, -0.2) is 40.6 Å². The predicted molar refractivity (Wildman–Crippen MR) is 150 cm³/mol. The molecule has 38 heavy (non-hydrogen) atoms. The number of hydrogen-bond donors (Lipinski definition) is 2. The Kier molecular flexibility index (Phi) is 8.00. The Labute approximate surface area is 229 Å². The molecule has 9 nitrogen and oxygen atoms in total. The number of carbonyl (C=O) groups is 1. The van der Waals surface area contributed by atoms with Crippen molar-refractivity contribution in [3.63, 3.8) is 0 Å². The van der Waals surface area contributed by atoms with Gasteiger partial charge in [0.05, 0.1) is 35.8 Å². The highest BCUT2D eigenvalue weighted by atomic mass is 35.5. The third-order valence-electron chi connectivity index (χ3n) is 5.70. The van der Waals surface area contributed by atoms with Gasteiger partial charge >= 0.3 is 5.97 Å². The summed E-state index contributed by atoms with van der Waals surface area (Å²) in [7, 11) is 0.486. The van der Waals surface area contributed by atoms with Crippen LogP contribution in [0.15, 0.2) is 47.4 Å². The van der Waals surface area contributed by atoms with E-state index in [0.29, 0.717) is 32.2 Å². The molecule has 0 amide bonds. The minimum absolute atomic E-state index is 0.0491. The van der Waals surface area contributed by atoms with Crippen molar-refractivity contribution in [3.8, 4) is 17.2 Å². The van der Waals surface area contributed by atoms with Gasteiger partial charge in [-0.3, -0.25) is 9.52 Å². The van der Waals surface area contributed by atoms with Crippen LogP contribution < -0.4 is 19.5 Å². The summed E-state index contributed by atoms with van der Waals surface area (Å²) in [5.74, 6) is 0.293. The van der Waals surface area contributed by atoms with Crippen LogP contribution in [0.4, 0.5) is 10.8 Å². The molecule has 3 aromatic carbocycles. The van der Waals surface area contributed by atoms with E-state index in [0.717, 1.165) is 5.56 Å². The molecule has 0 atom stereocenters. The molecule has 0 saturated heterocycles. The van der Waals surface area contributed by atoms with E-state index < -0.39 is 16.0 Å². The molecule has 0 bridgehead atoms. The zero-order valence-electron chi connectivity index (χ0n) is 21.3. The molecule has 4 rings (SSSR count). The lowest BCUT2D eigenvalue weighted by Gasteiger charge is -2.17. The van der Waals surface area contributed by atoms with Crippen molar-refractivity contribution in [1.82, 2.24) is 4.98 Å². The van der Waals surface area contributed by atoms with E-state index in [1.807, 2.05) is 6.92 Å². The lowest BCUT2D eigenvalue weighted by molar-refractivity contribution is -0.139. The van der Waals surface area contributed by atoms with E-state index in [-0.39, 0.29) is 33.5 Å². The highest BCUT2D eigenvalue weighted by molar-refractivity contribution is 7.92. The zero-order valence-corrected chi connectivity index (χ0v) is 23.7. The molecule has 200 valence electrons. The fourth-order valence-electron chi connectivity index (χ4n) is 3.85. The summed E-state index contributed by atoms with van der Waals surface area (Å²) in [6.45, 7) is 3.64. The van der Waals surface area contributed by atoms with Crippen molar-refractivity contribution in [2.75, 3.05) is 31.3 Å². The Morgan fingerprint density at radius 1 is 1.05 bits per heavy atom. The monoisotopic (exact) mass is 575 g/mol. The number of aromatic nitrogens is 1. The van der Waals surface area contributed by atoms with E-state index in [1.165, 1.54) is 31.6 Å². The number of anilines is 2. The Balaban J connectivity index is 1.82. The van der Waals surface area contributed by atoms with Crippen LogP contribution in [0, 0.1) is 13.8 Å². The fourth-order valence-corrected chi connectivity index (χ4v) is 6.36. The minimum Gasteiger partial charge on any atom is -0.493 e. The first-order valence-electron chi connectivity index (χ1n) is 11.4. The molecule has 1 aromatic heterocycles. The summed E-state index contributed by atoms with van der Waals surface area (Å²) in [5, 5.41) is 3.86. The molecule has 0 spiro atoms. The lowest BCUT2D eigenvalue weighted by Crippen LogP contribution is -2.15. The zero-order chi connectivity index (χ0) is 27.6. The van der Waals surface area contributed by atoms with Gasteiger partial charge in [0.15, 0.2) is 22.4 Å². The number of methoxy groups -OCH3 is 2. The van der Waals surface area contributed by atoms with E-state index in [4.69, 9.17) is 25.8 Å². The largest absolute Gasteiger partial charge is 0.493 e. The number of aryl methyl sites for hydroxylation is 2. The van der Waals surface area contributed by atoms with Crippen molar-refractivity contribution in [2.24, 2.45) is 0 Å². The second-order valence-corrected chi connectivity index (χ2v) is 11.4. The first kappa shape index (κ1) is 27.5. The van der Waals surface area contributed by atoms with Crippen LogP contribution in [0.5, 0.6) is 17.2 Å². The molecule has 12 heteroatoms. The molecule has 2 N–H and O–H groups in total. The van der Waals surface area contributed by atoms with Crippen molar-refractivity contribution in [2.45, 2.75) is 25.2 Å². The Hall–Kier alpha value is -3.54. The number of ether oxygens (including phenoxy) is 3. The fraction of sp³-hybridized carbons (Fsp3) is 0.231. The second-order valence-electron chi connectivity index (χ2n) is 8.38. The first-order valence-corrected chi connectivity index (χ1v) is 14.1. The Morgan fingerprint density at radius 3 is 2.47 bits per heavy atom. The van der Waals surface area contributed by atoms with Gasteiger partial charge in [-0.15, -0.1) is 0 Å². The molecule has 0 saturated carbocycles. The van der Waals surface area contributed by atoms with Crippen LogP contribution in [0.25, 0.3) is 10.2 Å². The summed E-state index contributed by atoms with van der Waals surface area (Å²) in [4.78, 5) is 16.4. The van der Waals surface area contributed by atoms with Crippen LogP contribution in [0.2, 0.25) is 5.02 Å². The van der Waals surface area contributed by atoms with Gasteiger partial charge in [0.2, 0.25) is 0 Å². The van der Waals surface area contributed by atoms with Crippen LogP contribution in [0.1, 0.15) is 16.7 Å². The number of carbonyl (C=O) groups excluding carboxylic acids is 1. The quantitative estimate of drug-likeness (QED) is 0.236. The minimum atomic E-state index is -3.99. The third-order valence-corrected chi connectivity index (χ3v) is 8.67. The summed E-state index contributed by atoms with van der Waals surface area (Å²) < 4.78 is 46.7. The van der Waals surface area contributed by atoms with Gasteiger partial charge in [-0.1, -0.05) is 40.6 Å². The number of fused-ring (bicyclic) bond motifs is 1. The third kappa shape index (κ3) is 5.64. The molecule has 0 aliphatic rings. The molecule has 0 unspecified atom stereocenters. The van der Waals surface area contributed by atoms with Gasteiger partial charge in [-0.2, -0.15) is 0 Å². The van der Waals surface area contributed by atoms with Crippen LogP contribution >= 0.6 is 22.9 Å². The summed E-state index contributed by atoms with van der Waals surface area (Å²) >= 11 is 7.71. The molecule has 0 fully saturated rings. The first-order chi connectivity index (χ1) is 18.1. The number of rotatable bonds is 9. The van der Waals surface area contributed by atoms with E-state index in [9.17, 15) is 13.2 Å². The van der Waals surface area contributed by atoms with Crippen molar-refractivity contribution in [3.05, 3.63) is 64.2 Å². The molecule has 4 aromatic rings. The maximum absolute atomic E-state index is 13.5. The Morgan fingerprint density at radius 2 is 1.82 bits per heavy atom. The highest BCUT2D eigenvalue weighted by Gasteiger charge is 2.24. The van der Waals surface area contributed by atoms with Crippen molar-refractivity contribution in [1.29, 1.82) is 0 Å². The topological polar surface area (TPSA) is 116 Å². The van der Waals surface area contributed by atoms with E-state index in [1.54, 1.807) is 50.4 Å². The molecule has 0 radical (unpaired) electrons. The van der Waals surface area contributed by atoms with E-state index >= 15 is 0 Å². The van der Waals surface area contributed by atoms with Crippen molar-refractivity contribution >= 4 is 60.0 Å². The molecular weight excluding hydrogens is 550 g/mol. The highest BCUT2D eigenvalue weighted by Crippen LogP contribution is 2.44. The molecule has 1 heterocycles. The van der Waals surface area contributed by atoms with Gasteiger partial charge in [-0.25, -0.2) is 13.4 Å². The summed E-state index contributed by atoms with van der Waals surface area (Å²) in [6, 6.07) is 11.6. The normalized spacial score (nSPS) is 11.3. The number of benzene rings is 3. The van der Waals surface area contributed by atoms with Crippen LogP contribution in [0.3, 0.4) is 0 Å². The number of esters is 1. The lowest BCUT2D eigenvalue weighted by atomic mass is 10.1. The smallest absolute Gasteiger partial charge is 0.310 e. The maximum Gasteiger partial charge on any atom is 0.310 e. The number of nitrogens with zero attached hydrogens (tertiary/aromatic N) is 1. The van der Waals surface area contributed by atoms with Gasteiger partial charge in [-0.05, 0) is 49.2 Å². The van der Waals surface area contributed by atoms with E-state index in [2.05, 4.69) is 15.0 Å². The maximum atomic E-state index is 13.5. The standard InChI is InChI=1S/C26H26ClN3O6S2/c1-14-6-9-22(15(2)10-14)38(32,33)30-24-19(8-7-18-25(24)37-26(28-3)29-18)36-21-13-17(27)16(11-20(21)34-4)12-23(31)35-5/h6-11,13,30H,12H2,1-5H3,(H,28,29). The molecular formula is C26H26ClN3O6S2. The van der Waals surface area contributed by atoms with Crippen LogP contribution in [-0.2, 0) is 26.0 Å². The number of sulfonamides is 1. The van der Waals surface area contributed by atoms with Gasteiger partial charge < -0.3 is 19.5 Å². The second kappa shape index (κ2) is 11.1. The Bertz CT molecular complexity index is 1640. The SMILES string of the molecule is CNc1nc2ccc(Oc3cc(Cl)c(CC(=O)OC)cc3OC)c(NS(=O)(=O)c3ccc(C)cc3C)c2s1. The predicted octanol–water partition coefficient (Wildman–Crippen LogP) is 5.93. The van der Waals surface area contributed by atoms with Gasteiger partial charge in [0, 0.05) is 18.1 Å². The van der Waals surface area contributed by atoms with Crippen molar-refractivity contribution < 1.29 is 27.4 Å². The number of thiazole rings is 1. The average Bonchev–Trinajstić information content (AvgIpc) is 3.30. The number of halogens is 1. The number of hydrogen-bond acceptors (Lipinski definition) is 9. The summed E-state index contributed by atoms with van der Waals surface area (Å²) in [5.41, 5.74) is 2.87. The summed E-state index contributed by atoms with van der Waals surface area (Å²) in [6.07, 6.45) is -0.0491. The average molecular weight is 576 g/mol. The molecule has 0 aliphatic heterocycles. The van der Waals surface area contributed by atoms with Gasteiger partial charge in [0.25, 0.3) is 10.0 Å². The van der Waals surface area contributed by atoms with Gasteiger partial charge in [0.1, 0.15) is 5.69 Å². The number of nitrogens with one attached hydrogen (secondary N) is 2. The molecule has 0 aliphatic carbocycles.